The molecule has 1 heterocycles. The largest absolute Gasteiger partial charge is 0.494 e. The number of carbonyl (C=O) groups is 1. The summed E-state index contributed by atoms with van der Waals surface area (Å²) in [5.74, 6) is 0.879. The van der Waals surface area contributed by atoms with E-state index in [2.05, 4.69) is 18.8 Å². The summed E-state index contributed by atoms with van der Waals surface area (Å²) in [4.78, 5) is 20.0. The molecule has 2 aromatic rings. The summed E-state index contributed by atoms with van der Waals surface area (Å²) in [6.07, 6.45) is 4.98. The molecule has 4 nitrogen and oxygen atoms in total. The Kier molecular flexibility index (Phi) is 7.31. The van der Waals surface area contributed by atoms with Crippen LogP contribution in [0, 0.1) is 0 Å². The fourth-order valence-corrected chi connectivity index (χ4v) is 3.80. The predicted octanol–water partition coefficient (Wildman–Crippen LogP) is 5.88. The van der Waals surface area contributed by atoms with E-state index in [1.165, 1.54) is 11.8 Å². The van der Waals surface area contributed by atoms with Crippen molar-refractivity contribution in [2.45, 2.75) is 33.1 Å². The van der Waals surface area contributed by atoms with Crippen LogP contribution in [-0.2, 0) is 4.79 Å². The normalized spacial score (nSPS) is 16.9. The molecule has 0 atom stereocenters. The molecule has 1 amide bonds. The van der Waals surface area contributed by atoms with Gasteiger partial charge in [0.1, 0.15) is 5.75 Å². The van der Waals surface area contributed by atoms with Crippen molar-refractivity contribution in [2.75, 3.05) is 13.2 Å². The van der Waals surface area contributed by atoms with E-state index >= 15 is 0 Å². The third-order valence-electron chi connectivity index (χ3n) is 4.26. The minimum absolute atomic E-state index is 0.0183. The topological polar surface area (TPSA) is 41.9 Å². The number of benzene rings is 2. The summed E-state index contributed by atoms with van der Waals surface area (Å²) < 4.78 is 5.70. The maximum absolute atomic E-state index is 12.9. The quantitative estimate of drug-likeness (QED) is 0.415. The minimum Gasteiger partial charge on any atom is -0.494 e. The van der Waals surface area contributed by atoms with E-state index in [9.17, 15) is 4.79 Å². The van der Waals surface area contributed by atoms with E-state index in [-0.39, 0.29) is 5.91 Å². The molecule has 0 saturated carbocycles. The second kappa shape index (κ2) is 10.1. The molecule has 1 fully saturated rings. The number of amidine groups is 1. The van der Waals surface area contributed by atoms with Crippen LogP contribution >= 0.6 is 11.8 Å². The maximum atomic E-state index is 12.9. The van der Waals surface area contributed by atoms with Gasteiger partial charge in [-0.05, 0) is 60.5 Å². The van der Waals surface area contributed by atoms with Crippen LogP contribution in [-0.4, -0.2) is 29.1 Å². The Balaban J connectivity index is 1.78. The highest BCUT2D eigenvalue weighted by Gasteiger charge is 2.32. The van der Waals surface area contributed by atoms with E-state index in [1.54, 1.807) is 4.90 Å². The fraction of sp³-hybridized carbons (Fsp3) is 0.304. The van der Waals surface area contributed by atoms with Gasteiger partial charge in [-0.3, -0.25) is 9.69 Å². The summed E-state index contributed by atoms with van der Waals surface area (Å²) in [7, 11) is 0. The Bertz CT molecular complexity index is 845. The number of unbranched alkanes of at least 4 members (excludes halogenated alkanes) is 1. The molecule has 1 saturated heterocycles. The number of ether oxygens (including phenoxy) is 1. The van der Waals surface area contributed by atoms with E-state index in [4.69, 9.17) is 4.74 Å². The second-order valence-electron chi connectivity index (χ2n) is 6.57. The lowest BCUT2D eigenvalue weighted by Crippen LogP contribution is -2.29. The van der Waals surface area contributed by atoms with Gasteiger partial charge in [-0.25, -0.2) is 4.99 Å². The Morgan fingerprint density at radius 3 is 2.46 bits per heavy atom. The number of hydrogen-bond donors (Lipinski definition) is 0. The van der Waals surface area contributed by atoms with Gasteiger partial charge in [0.05, 0.1) is 17.2 Å². The first-order valence-corrected chi connectivity index (χ1v) is 10.6. The molecule has 0 N–H and O–H groups in total. The summed E-state index contributed by atoms with van der Waals surface area (Å²) in [5, 5.41) is 0.740. The molecule has 0 spiro atoms. The molecule has 0 aliphatic carbocycles. The first-order valence-electron chi connectivity index (χ1n) is 9.79. The van der Waals surface area contributed by atoms with Crippen molar-refractivity contribution >= 4 is 34.6 Å². The molecule has 0 bridgehead atoms. The highest BCUT2D eigenvalue weighted by molar-refractivity contribution is 8.18. The first kappa shape index (κ1) is 20.2. The molecule has 1 aliphatic rings. The Morgan fingerprint density at radius 2 is 1.79 bits per heavy atom. The van der Waals surface area contributed by atoms with Gasteiger partial charge < -0.3 is 4.74 Å². The second-order valence-corrected chi connectivity index (χ2v) is 7.58. The van der Waals surface area contributed by atoms with Gasteiger partial charge in [0.15, 0.2) is 5.17 Å². The molecule has 3 rings (SSSR count). The van der Waals surface area contributed by atoms with Crippen molar-refractivity contribution in [2.24, 2.45) is 4.99 Å². The van der Waals surface area contributed by atoms with Crippen LogP contribution in [0.2, 0.25) is 0 Å². The van der Waals surface area contributed by atoms with Crippen molar-refractivity contribution in [3.05, 3.63) is 65.1 Å². The zero-order valence-corrected chi connectivity index (χ0v) is 17.2. The van der Waals surface area contributed by atoms with Gasteiger partial charge in [0.2, 0.25) is 0 Å². The number of thioether (sulfide) groups is 1. The van der Waals surface area contributed by atoms with Gasteiger partial charge in [0.25, 0.3) is 5.91 Å². The van der Waals surface area contributed by atoms with Gasteiger partial charge >= 0.3 is 0 Å². The Labute approximate surface area is 171 Å². The summed E-state index contributed by atoms with van der Waals surface area (Å²) >= 11 is 1.43. The van der Waals surface area contributed by atoms with Crippen LogP contribution in [0.4, 0.5) is 5.69 Å². The number of para-hydroxylation sites is 1. The lowest BCUT2D eigenvalue weighted by molar-refractivity contribution is -0.122. The molecule has 2 aromatic carbocycles. The van der Waals surface area contributed by atoms with Crippen LogP contribution < -0.4 is 4.74 Å². The standard InChI is InChI=1S/C23H26N2O2S/c1-3-5-16-27-20-13-11-18(12-14-20)17-21-22(26)25(15-4-2)23(28-21)24-19-9-7-6-8-10-19/h6-14,17H,3-5,15-16H2,1-2H3/b21-17+,24-23?. The van der Waals surface area contributed by atoms with Crippen LogP contribution in [0.25, 0.3) is 6.08 Å². The average Bonchev–Trinajstić information content (AvgIpc) is 2.99. The van der Waals surface area contributed by atoms with Crippen molar-refractivity contribution in [1.29, 1.82) is 0 Å². The van der Waals surface area contributed by atoms with E-state index in [0.717, 1.165) is 48.0 Å². The molecule has 1 aliphatic heterocycles. The zero-order chi connectivity index (χ0) is 19.8. The average molecular weight is 395 g/mol. The van der Waals surface area contributed by atoms with Crippen LogP contribution in [0.5, 0.6) is 5.75 Å². The molecule has 0 radical (unpaired) electrons. The van der Waals surface area contributed by atoms with E-state index in [1.807, 2.05) is 60.7 Å². The van der Waals surface area contributed by atoms with Gasteiger partial charge in [-0.15, -0.1) is 0 Å². The SMILES string of the molecule is CCCCOc1ccc(/C=C2/SC(=Nc3ccccc3)N(CCC)C2=O)cc1. The van der Waals surface area contributed by atoms with Crippen molar-refractivity contribution in [3.63, 3.8) is 0 Å². The molecule has 0 aromatic heterocycles. The number of carbonyl (C=O) groups excluding carboxylic acids is 1. The maximum Gasteiger partial charge on any atom is 0.266 e. The van der Waals surface area contributed by atoms with E-state index in [0.29, 0.717) is 11.4 Å². The van der Waals surface area contributed by atoms with Gasteiger partial charge in [-0.1, -0.05) is 50.6 Å². The van der Waals surface area contributed by atoms with Crippen molar-refractivity contribution < 1.29 is 9.53 Å². The zero-order valence-electron chi connectivity index (χ0n) is 16.4. The summed E-state index contributed by atoms with van der Waals surface area (Å²) in [5.41, 5.74) is 1.84. The number of rotatable bonds is 8. The smallest absolute Gasteiger partial charge is 0.266 e. The highest BCUT2D eigenvalue weighted by atomic mass is 32.2. The monoisotopic (exact) mass is 394 g/mol. The molecule has 0 unspecified atom stereocenters. The molecular formula is C23H26N2O2S. The fourth-order valence-electron chi connectivity index (χ4n) is 2.77. The highest BCUT2D eigenvalue weighted by Crippen LogP contribution is 2.34. The third kappa shape index (κ3) is 5.26. The number of aliphatic imine (C=N–C) groups is 1. The van der Waals surface area contributed by atoms with Crippen LogP contribution in [0.15, 0.2) is 64.5 Å². The lowest BCUT2D eigenvalue weighted by atomic mass is 10.2. The predicted molar refractivity (Wildman–Crippen MR) is 118 cm³/mol. The van der Waals surface area contributed by atoms with Crippen LogP contribution in [0.1, 0.15) is 38.7 Å². The summed E-state index contributed by atoms with van der Waals surface area (Å²) in [6, 6.07) is 17.6. The van der Waals surface area contributed by atoms with Crippen LogP contribution in [0.3, 0.4) is 0 Å². The Morgan fingerprint density at radius 1 is 1.04 bits per heavy atom. The molecular weight excluding hydrogens is 368 g/mol. The molecule has 5 heteroatoms. The number of hydrogen-bond acceptors (Lipinski definition) is 4. The van der Waals surface area contributed by atoms with Gasteiger partial charge in [0, 0.05) is 6.54 Å². The number of nitrogens with zero attached hydrogens (tertiary/aromatic N) is 2. The van der Waals surface area contributed by atoms with Crippen molar-refractivity contribution in [3.8, 4) is 5.75 Å². The van der Waals surface area contributed by atoms with Crippen molar-refractivity contribution in [1.82, 2.24) is 4.90 Å². The minimum atomic E-state index is 0.0183. The Hall–Kier alpha value is -2.53. The first-order chi connectivity index (χ1) is 13.7. The lowest BCUT2D eigenvalue weighted by Gasteiger charge is -2.13. The third-order valence-corrected chi connectivity index (χ3v) is 5.27. The summed E-state index contributed by atoms with van der Waals surface area (Å²) in [6.45, 7) is 5.61. The van der Waals surface area contributed by atoms with E-state index < -0.39 is 0 Å². The molecule has 28 heavy (non-hydrogen) atoms. The van der Waals surface area contributed by atoms with Gasteiger partial charge in [-0.2, -0.15) is 0 Å². The molecule has 146 valence electrons. The number of amides is 1.